The summed E-state index contributed by atoms with van der Waals surface area (Å²) in [7, 11) is 0. The zero-order chi connectivity index (χ0) is 23.7. The SMILES string of the molecule is CCCCOc1ccc(C#Cc2ccc(NC(=O)Nc3cc(C(C)(C)CO)on3)cc2)cc1. The molecule has 0 spiro atoms. The summed E-state index contributed by atoms with van der Waals surface area (Å²) >= 11 is 0. The second kappa shape index (κ2) is 11.2. The molecule has 0 bridgehead atoms. The molecule has 0 fully saturated rings. The first-order valence-corrected chi connectivity index (χ1v) is 10.9. The third-order valence-corrected chi connectivity index (χ3v) is 4.93. The van der Waals surface area contributed by atoms with E-state index in [0.29, 0.717) is 11.4 Å². The summed E-state index contributed by atoms with van der Waals surface area (Å²) in [6, 6.07) is 16.1. The highest BCUT2D eigenvalue weighted by molar-refractivity contribution is 5.99. The Kier molecular flexibility index (Phi) is 8.11. The first-order chi connectivity index (χ1) is 15.9. The molecule has 3 aromatic rings. The molecule has 1 heterocycles. The topological polar surface area (TPSA) is 96.6 Å². The van der Waals surface area contributed by atoms with Crippen molar-refractivity contribution in [1.29, 1.82) is 0 Å². The highest BCUT2D eigenvalue weighted by Crippen LogP contribution is 2.24. The fraction of sp³-hybridized carbons (Fsp3) is 0.308. The molecule has 0 aliphatic rings. The van der Waals surface area contributed by atoms with Gasteiger partial charge in [-0.15, -0.1) is 0 Å². The van der Waals surface area contributed by atoms with Gasteiger partial charge in [-0.3, -0.25) is 5.32 Å². The lowest BCUT2D eigenvalue weighted by molar-refractivity contribution is 0.187. The van der Waals surface area contributed by atoms with E-state index in [1.165, 1.54) is 0 Å². The number of ether oxygens (including phenoxy) is 1. The highest BCUT2D eigenvalue weighted by Gasteiger charge is 2.25. The number of carbonyl (C=O) groups is 1. The van der Waals surface area contributed by atoms with Crippen LogP contribution in [0.2, 0.25) is 0 Å². The number of hydrogen-bond donors (Lipinski definition) is 3. The molecule has 7 heteroatoms. The Balaban J connectivity index is 1.53. The lowest BCUT2D eigenvalue weighted by Crippen LogP contribution is -2.21. The largest absolute Gasteiger partial charge is 0.494 e. The number of rotatable bonds is 8. The number of aliphatic hydroxyl groups excluding tert-OH is 1. The molecule has 0 atom stereocenters. The number of amides is 2. The van der Waals surface area contributed by atoms with E-state index < -0.39 is 11.4 Å². The summed E-state index contributed by atoms with van der Waals surface area (Å²) in [6.07, 6.45) is 2.15. The van der Waals surface area contributed by atoms with Crippen LogP contribution in [0.5, 0.6) is 5.75 Å². The molecule has 0 aliphatic carbocycles. The number of benzene rings is 2. The molecule has 2 aromatic carbocycles. The van der Waals surface area contributed by atoms with Crippen molar-refractivity contribution in [3.05, 3.63) is 71.5 Å². The predicted octanol–water partition coefficient (Wildman–Crippen LogP) is 5.17. The zero-order valence-electron chi connectivity index (χ0n) is 19.1. The molecule has 3 rings (SSSR count). The number of hydrogen-bond acceptors (Lipinski definition) is 5. The lowest BCUT2D eigenvalue weighted by Gasteiger charge is -2.16. The van der Waals surface area contributed by atoms with E-state index in [1.54, 1.807) is 18.2 Å². The van der Waals surface area contributed by atoms with Crippen LogP contribution in [0.3, 0.4) is 0 Å². The van der Waals surface area contributed by atoms with Crippen LogP contribution in [0.4, 0.5) is 16.3 Å². The molecule has 1 aromatic heterocycles. The van der Waals surface area contributed by atoms with Crippen molar-refractivity contribution in [2.24, 2.45) is 0 Å². The van der Waals surface area contributed by atoms with Crippen LogP contribution in [-0.4, -0.2) is 29.5 Å². The molecule has 7 nitrogen and oxygen atoms in total. The molecule has 0 unspecified atom stereocenters. The Hall–Kier alpha value is -3.76. The number of anilines is 2. The van der Waals surface area contributed by atoms with Gasteiger partial charge in [-0.25, -0.2) is 4.79 Å². The van der Waals surface area contributed by atoms with Crippen LogP contribution < -0.4 is 15.4 Å². The minimum Gasteiger partial charge on any atom is -0.494 e. The fourth-order valence-corrected chi connectivity index (χ4v) is 2.76. The summed E-state index contributed by atoms with van der Waals surface area (Å²) < 4.78 is 10.9. The van der Waals surface area contributed by atoms with Crippen molar-refractivity contribution in [1.82, 2.24) is 5.16 Å². The summed E-state index contributed by atoms with van der Waals surface area (Å²) in [4.78, 5) is 12.2. The smallest absolute Gasteiger partial charge is 0.324 e. The molecule has 0 saturated carbocycles. The van der Waals surface area contributed by atoms with Gasteiger partial charge >= 0.3 is 6.03 Å². The van der Waals surface area contributed by atoms with Gasteiger partial charge in [0, 0.05) is 28.3 Å². The molecule has 2 amide bonds. The van der Waals surface area contributed by atoms with Crippen molar-refractivity contribution in [3.63, 3.8) is 0 Å². The number of aliphatic hydroxyl groups is 1. The minimum absolute atomic E-state index is 0.0954. The molecular formula is C26H29N3O4. The fourth-order valence-electron chi connectivity index (χ4n) is 2.76. The average Bonchev–Trinajstić information content (AvgIpc) is 3.29. The highest BCUT2D eigenvalue weighted by atomic mass is 16.5. The molecule has 172 valence electrons. The van der Waals surface area contributed by atoms with Crippen molar-refractivity contribution in [2.75, 3.05) is 23.8 Å². The van der Waals surface area contributed by atoms with Crippen molar-refractivity contribution >= 4 is 17.5 Å². The van der Waals surface area contributed by atoms with Gasteiger partial charge in [0.15, 0.2) is 5.82 Å². The van der Waals surface area contributed by atoms with Gasteiger partial charge < -0.3 is 19.7 Å². The Morgan fingerprint density at radius 2 is 1.70 bits per heavy atom. The van der Waals surface area contributed by atoms with Gasteiger partial charge in [0.25, 0.3) is 0 Å². The van der Waals surface area contributed by atoms with E-state index in [-0.39, 0.29) is 12.4 Å². The molecule has 0 aliphatic heterocycles. The number of nitrogens with zero attached hydrogens (tertiary/aromatic N) is 1. The number of urea groups is 1. The quantitative estimate of drug-likeness (QED) is 0.327. The van der Waals surface area contributed by atoms with Gasteiger partial charge in [0.05, 0.1) is 13.2 Å². The van der Waals surface area contributed by atoms with Gasteiger partial charge in [-0.05, 0) is 55.0 Å². The number of unbranched alkanes of at least 4 members (excludes halogenated alkanes) is 1. The average molecular weight is 448 g/mol. The standard InChI is InChI=1S/C26H29N3O4/c1-4-5-16-32-22-14-10-20(11-15-22)7-6-19-8-12-21(13-9-19)27-25(31)28-24-17-23(33-29-24)26(2,3)18-30/h8-15,17,30H,4-5,16,18H2,1-3H3,(H2,27,28,29,31). The molecule has 3 N–H and O–H groups in total. The zero-order valence-corrected chi connectivity index (χ0v) is 19.1. The van der Waals surface area contributed by atoms with Crippen LogP contribution >= 0.6 is 0 Å². The Bertz CT molecular complexity index is 1110. The number of carbonyl (C=O) groups excluding carboxylic acids is 1. The maximum Gasteiger partial charge on any atom is 0.324 e. The summed E-state index contributed by atoms with van der Waals surface area (Å²) in [5, 5.41) is 18.6. The van der Waals surface area contributed by atoms with Gasteiger partial charge in [-0.2, -0.15) is 0 Å². The molecule has 0 radical (unpaired) electrons. The van der Waals surface area contributed by atoms with Gasteiger partial charge in [-0.1, -0.05) is 44.2 Å². The van der Waals surface area contributed by atoms with E-state index in [1.807, 2.05) is 50.2 Å². The van der Waals surface area contributed by atoms with Crippen LogP contribution in [-0.2, 0) is 5.41 Å². The summed E-state index contributed by atoms with van der Waals surface area (Å²) in [5.41, 5.74) is 1.77. The van der Waals surface area contributed by atoms with Crippen molar-refractivity contribution < 1.29 is 19.2 Å². The molecule has 0 saturated heterocycles. The Labute approximate surface area is 194 Å². The summed E-state index contributed by atoms with van der Waals surface area (Å²) in [5.74, 6) is 7.85. The minimum atomic E-state index is -0.579. The Morgan fingerprint density at radius 1 is 1.06 bits per heavy atom. The first kappa shape index (κ1) is 23.9. The van der Waals surface area contributed by atoms with E-state index in [0.717, 1.165) is 36.3 Å². The third-order valence-electron chi connectivity index (χ3n) is 4.93. The van der Waals surface area contributed by atoms with E-state index in [2.05, 4.69) is 34.6 Å². The van der Waals surface area contributed by atoms with E-state index in [9.17, 15) is 9.90 Å². The third kappa shape index (κ3) is 7.13. The second-order valence-corrected chi connectivity index (χ2v) is 8.25. The molecular weight excluding hydrogens is 418 g/mol. The monoisotopic (exact) mass is 447 g/mol. The molecule has 33 heavy (non-hydrogen) atoms. The van der Waals surface area contributed by atoms with Crippen LogP contribution in [0.1, 0.15) is 50.5 Å². The normalized spacial score (nSPS) is 10.8. The predicted molar refractivity (Wildman–Crippen MR) is 129 cm³/mol. The van der Waals surface area contributed by atoms with Crippen LogP contribution in [0.15, 0.2) is 59.1 Å². The van der Waals surface area contributed by atoms with Crippen molar-refractivity contribution in [2.45, 2.75) is 39.0 Å². The lowest BCUT2D eigenvalue weighted by atomic mass is 9.92. The van der Waals surface area contributed by atoms with Crippen LogP contribution in [0.25, 0.3) is 0 Å². The van der Waals surface area contributed by atoms with Crippen molar-refractivity contribution in [3.8, 4) is 17.6 Å². The van der Waals surface area contributed by atoms with E-state index in [4.69, 9.17) is 9.26 Å². The second-order valence-electron chi connectivity index (χ2n) is 8.25. The number of nitrogens with one attached hydrogen (secondary N) is 2. The van der Waals surface area contributed by atoms with E-state index >= 15 is 0 Å². The maximum atomic E-state index is 12.2. The van der Waals surface area contributed by atoms with Gasteiger partial charge in [0.1, 0.15) is 11.5 Å². The maximum absolute atomic E-state index is 12.2. The first-order valence-electron chi connectivity index (χ1n) is 10.9. The summed E-state index contributed by atoms with van der Waals surface area (Å²) in [6.45, 7) is 6.40. The number of aromatic nitrogens is 1. The van der Waals surface area contributed by atoms with Gasteiger partial charge in [0.2, 0.25) is 0 Å². The van der Waals surface area contributed by atoms with Crippen LogP contribution in [0, 0.1) is 11.8 Å². The Morgan fingerprint density at radius 3 is 2.30 bits per heavy atom.